The van der Waals surface area contributed by atoms with Gasteiger partial charge >= 0.3 is 0 Å². The van der Waals surface area contributed by atoms with E-state index in [4.69, 9.17) is 5.73 Å². The van der Waals surface area contributed by atoms with E-state index < -0.39 is 0 Å². The minimum absolute atomic E-state index is 0.321. The Hall–Kier alpha value is -2.21. The summed E-state index contributed by atoms with van der Waals surface area (Å²) in [6.07, 6.45) is 3.37. The lowest BCUT2D eigenvalue weighted by Gasteiger charge is -2.06. The second-order valence-corrected chi connectivity index (χ2v) is 5.45. The fraction of sp³-hybridized carbons (Fsp3) is 0.0667. The lowest BCUT2D eigenvalue weighted by atomic mass is 10.0. The van der Waals surface area contributed by atoms with Gasteiger partial charge in [0.2, 0.25) is 0 Å². The number of nitrogen functional groups attached to an aromatic ring is 1. The average Bonchev–Trinajstić information content (AvgIpc) is 2.78. The van der Waals surface area contributed by atoms with Crippen LogP contribution in [-0.4, -0.2) is 14.8 Å². The van der Waals surface area contributed by atoms with Gasteiger partial charge in [0, 0.05) is 29.5 Å². The number of halogens is 2. The van der Waals surface area contributed by atoms with Gasteiger partial charge in [-0.15, -0.1) is 0 Å². The Labute approximate surface area is 129 Å². The van der Waals surface area contributed by atoms with Gasteiger partial charge in [0.1, 0.15) is 17.3 Å². The fourth-order valence-electron chi connectivity index (χ4n) is 2.21. The second kappa shape index (κ2) is 5.29. The van der Waals surface area contributed by atoms with Crippen molar-refractivity contribution in [2.24, 2.45) is 7.05 Å². The summed E-state index contributed by atoms with van der Waals surface area (Å²) in [5.41, 5.74) is 9.09. The third kappa shape index (κ3) is 2.42. The molecule has 0 unspecified atom stereocenters. The minimum atomic E-state index is -0.321. The van der Waals surface area contributed by atoms with E-state index in [9.17, 15) is 4.39 Å². The van der Waals surface area contributed by atoms with Crippen LogP contribution in [0.2, 0.25) is 0 Å². The summed E-state index contributed by atoms with van der Waals surface area (Å²) in [5, 5.41) is 4.43. The van der Waals surface area contributed by atoms with Crippen molar-refractivity contribution in [3.8, 4) is 22.4 Å². The molecule has 4 nitrogen and oxygen atoms in total. The third-order valence-electron chi connectivity index (χ3n) is 3.24. The van der Waals surface area contributed by atoms with Gasteiger partial charge in [-0.05, 0) is 35.9 Å². The molecule has 2 heterocycles. The van der Waals surface area contributed by atoms with Crippen molar-refractivity contribution in [1.82, 2.24) is 14.8 Å². The molecular weight excluding hydrogens is 335 g/mol. The Morgan fingerprint density at radius 3 is 2.62 bits per heavy atom. The van der Waals surface area contributed by atoms with Crippen molar-refractivity contribution in [2.75, 3.05) is 5.73 Å². The molecule has 3 aromatic rings. The number of hydrogen-bond donors (Lipinski definition) is 1. The number of nitrogens with two attached hydrogens (primary N) is 1. The number of aromatic nitrogens is 3. The number of rotatable bonds is 2. The topological polar surface area (TPSA) is 56.7 Å². The molecule has 6 heteroatoms. The molecule has 106 valence electrons. The SMILES string of the molecule is Cn1nc(-c2cc(F)ccc2Br)c(-c2ccncc2)c1N. The van der Waals surface area contributed by atoms with Gasteiger partial charge < -0.3 is 5.73 Å². The fourth-order valence-corrected chi connectivity index (χ4v) is 2.64. The smallest absolute Gasteiger partial charge is 0.129 e. The summed E-state index contributed by atoms with van der Waals surface area (Å²) in [5.74, 6) is 0.200. The molecule has 0 saturated carbocycles. The van der Waals surface area contributed by atoms with Gasteiger partial charge in [-0.3, -0.25) is 9.67 Å². The average molecular weight is 347 g/mol. The molecule has 0 fully saturated rings. The number of benzene rings is 1. The summed E-state index contributed by atoms with van der Waals surface area (Å²) >= 11 is 3.44. The first-order valence-corrected chi connectivity index (χ1v) is 7.05. The van der Waals surface area contributed by atoms with E-state index >= 15 is 0 Å². The summed E-state index contributed by atoms with van der Waals surface area (Å²) in [6.45, 7) is 0. The summed E-state index contributed by atoms with van der Waals surface area (Å²) in [4.78, 5) is 4.00. The zero-order valence-electron chi connectivity index (χ0n) is 11.2. The number of nitrogens with zero attached hydrogens (tertiary/aromatic N) is 3. The quantitative estimate of drug-likeness (QED) is 0.770. The molecule has 0 amide bonds. The summed E-state index contributed by atoms with van der Waals surface area (Å²) in [7, 11) is 1.76. The van der Waals surface area contributed by atoms with Crippen molar-refractivity contribution in [1.29, 1.82) is 0 Å². The Kier molecular flexibility index (Phi) is 3.47. The van der Waals surface area contributed by atoms with Crippen molar-refractivity contribution in [3.63, 3.8) is 0 Å². The first kappa shape index (κ1) is 13.8. The molecule has 0 aliphatic carbocycles. The number of anilines is 1. The standard InChI is InChI=1S/C15H12BrFN4/c1-21-15(18)13(9-4-6-19-7-5-9)14(20-21)11-8-10(17)2-3-12(11)16/h2-8H,18H2,1H3. The summed E-state index contributed by atoms with van der Waals surface area (Å²) in [6, 6.07) is 8.20. The van der Waals surface area contributed by atoms with Crippen LogP contribution >= 0.6 is 15.9 Å². The summed E-state index contributed by atoms with van der Waals surface area (Å²) < 4.78 is 15.9. The lowest BCUT2D eigenvalue weighted by Crippen LogP contribution is -1.97. The van der Waals surface area contributed by atoms with E-state index in [0.717, 1.165) is 15.6 Å². The Balaban J connectivity index is 2.29. The van der Waals surface area contributed by atoms with Gasteiger partial charge in [-0.1, -0.05) is 15.9 Å². The molecule has 21 heavy (non-hydrogen) atoms. The Morgan fingerprint density at radius 1 is 1.19 bits per heavy atom. The monoisotopic (exact) mass is 346 g/mol. The lowest BCUT2D eigenvalue weighted by molar-refractivity contribution is 0.628. The van der Waals surface area contributed by atoms with Crippen molar-refractivity contribution in [3.05, 3.63) is 53.0 Å². The van der Waals surface area contributed by atoms with Gasteiger partial charge in [-0.25, -0.2) is 4.39 Å². The molecular formula is C15H12BrFN4. The van der Waals surface area contributed by atoms with Gasteiger partial charge in [-0.2, -0.15) is 5.10 Å². The molecule has 0 spiro atoms. The molecule has 0 saturated heterocycles. The van der Waals surface area contributed by atoms with Crippen LogP contribution in [0.5, 0.6) is 0 Å². The molecule has 2 aromatic heterocycles. The maximum Gasteiger partial charge on any atom is 0.129 e. The molecule has 0 aliphatic heterocycles. The van der Waals surface area contributed by atoms with E-state index in [1.807, 2.05) is 12.1 Å². The van der Waals surface area contributed by atoms with Gasteiger partial charge in [0.15, 0.2) is 0 Å². The van der Waals surface area contributed by atoms with E-state index in [-0.39, 0.29) is 5.82 Å². The van der Waals surface area contributed by atoms with Crippen molar-refractivity contribution < 1.29 is 4.39 Å². The zero-order valence-corrected chi connectivity index (χ0v) is 12.8. The van der Waals surface area contributed by atoms with Crippen molar-refractivity contribution >= 4 is 21.7 Å². The molecule has 0 aliphatic rings. The van der Waals surface area contributed by atoms with Gasteiger partial charge in [0.25, 0.3) is 0 Å². The number of hydrogen-bond acceptors (Lipinski definition) is 3. The van der Waals surface area contributed by atoms with E-state index in [1.165, 1.54) is 12.1 Å². The van der Waals surface area contributed by atoms with Crippen molar-refractivity contribution in [2.45, 2.75) is 0 Å². The highest BCUT2D eigenvalue weighted by Crippen LogP contribution is 2.38. The maximum absolute atomic E-state index is 13.6. The molecule has 3 rings (SSSR count). The van der Waals surface area contributed by atoms with Crippen LogP contribution in [0.15, 0.2) is 47.2 Å². The molecule has 0 atom stereocenters. The number of aryl methyl sites for hydroxylation is 1. The zero-order chi connectivity index (χ0) is 15.0. The predicted molar refractivity (Wildman–Crippen MR) is 83.9 cm³/mol. The van der Waals surface area contributed by atoms with Gasteiger partial charge in [0.05, 0.1) is 5.56 Å². The van der Waals surface area contributed by atoms with Crippen LogP contribution in [-0.2, 0) is 7.05 Å². The minimum Gasteiger partial charge on any atom is -0.383 e. The third-order valence-corrected chi connectivity index (χ3v) is 3.94. The highest BCUT2D eigenvalue weighted by Gasteiger charge is 2.19. The number of pyridine rings is 1. The van der Waals surface area contributed by atoms with Crippen LogP contribution in [0.4, 0.5) is 10.2 Å². The Bertz CT molecular complexity index is 799. The molecule has 0 radical (unpaired) electrons. The largest absolute Gasteiger partial charge is 0.383 e. The van der Waals surface area contributed by atoms with Crippen LogP contribution in [0.3, 0.4) is 0 Å². The first-order valence-electron chi connectivity index (χ1n) is 6.26. The van der Waals surface area contributed by atoms with E-state index in [2.05, 4.69) is 26.0 Å². The van der Waals surface area contributed by atoms with Crippen LogP contribution in [0.1, 0.15) is 0 Å². The van der Waals surface area contributed by atoms with Crippen LogP contribution in [0, 0.1) is 5.82 Å². The highest BCUT2D eigenvalue weighted by atomic mass is 79.9. The van der Waals surface area contributed by atoms with E-state index in [0.29, 0.717) is 17.1 Å². The molecule has 1 aromatic carbocycles. The first-order chi connectivity index (χ1) is 10.1. The predicted octanol–water partition coefficient (Wildman–Crippen LogP) is 3.63. The molecule has 0 bridgehead atoms. The second-order valence-electron chi connectivity index (χ2n) is 4.59. The highest BCUT2D eigenvalue weighted by molar-refractivity contribution is 9.10. The molecule has 2 N–H and O–H groups in total. The Morgan fingerprint density at radius 2 is 1.90 bits per heavy atom. The maximum atomic E-state index is 13.6. The normalized spacial score (nSPS) is 10.8. The van der Waals surface area contributed by atoms with Crippen LogP contribution < -0.4 is 5.73 Å². The van der Waals surface area contributed by atoms with Crippen LogP contribution in [0.25, 0.3) is 22.4 Å². The van der Waals surface area contributed by atoms with E-state index in [1.54, 1.807) is 30.2 Å².